The predicted molar refractivity (Wildman–Crippen MR) is 121 cm³/mol. The number of nitrogens with zero attached hydrogens (tertiary/aromatic N) is 2. The average molecular weight is 421 g/mol. The number of rotatable bonds is 3. The lowest BCUT2D eigenvalue weighted by molar-refractivity contribution is 0.00312. The van der Waals surface area contributed by atoms with Gasteiger partial charge in [-0.2, -0.15) is 0 Å². The van der Waals surface area contributed by atoms with E-state index in [2.05, 4.69) is 45.0 Å². The molecule has 0 aliphatic carbocycles. The summed E-state index contributed by atoms with van der Waals surface area (Å²) in [4.78, 5) is 29.1. The van der Waals surface area contributed by atoms with E-state index in [1.165, 1.54) is 5.56 Å². The number of benzene rings is 2. The monoisotopic (exact) mass is 420 g/mol. The van der Waals surface area contributed by atoms with Crippen LogP contribution in [-0.4, -0.2) is 47.0 Å². The van der Waals surface area contributed by atoms with Crippen LogP contribution in [0.5, 0.6) is 0 Å². The van der Waals surface area contributed by atoms with Gasteiger partial charge in [0.2, 0.25) is 0 Å². The molecule has 2 saturated heterocycles. The minimum absolute atomic E-state index is 0.0543. The van der Waals surface area contributed by atoms with E-state index in [0.717, 1.165) is 16.7 Å². The Balaban J connectivity index is 1.36. The minimum Gasteiger partial charge on any atom is -0.441 e. The Hall–Kier alpha value is -2.82. The first-order valence-electron chi connectivity index (χ1n) is 11.1. The molecule has 0 unspecified atom stereocenters. The molecular weight excluding hydrogens is 388 g/mol. The van der Waals surface area contributed by atoms with Gasteiger partial charge >= 0.3 is 6.09 Å². The molecule has 164 valence electrons. The van der Waals surface area contributed by atoms with Gasteiger partial charge in [0, 0.05) is 38.0 Å². The van der Waals surface area contributed by atoms with E-state index in [-0.39, 0.29) is 17.4 Å². The fourth-order valence-electron chi connectivity index (χ4n) is 4.48. The van der Waals surface area contributed by atoms with E-state index < -0.39 is 5.60 Å². The maximum absolute atomic E-state index is 12.8. The number of likely N-dealkylation sites (tertiary alicyclic amines) is 1. The van der Waals surface area contributed by atoms with Gasteiger partial charge in [0.25, 0.3) is 5.91 Å². The van der Waals surface area contributed by atoms with Crippen molar-refractivity contribution in [3.63, 3.8) is 0 Å². The van der Waals surface area contributed by atoms with Gasteiger partial charge in [0.1, 0.15) is 5.60 Å². The topological polar surface area (TPSA) is 49.9 Å². The maximum Gasteiger partial charge on any atom is 0.410 e. The molecule has 0 atom stereocenters. The lowest BCUT2D eigenvalue weighted by Crippen LogP contribution is -2.48. The second-order valence-corrected chi connectivity index (χ2v) is 10.0. The van der Waals surface area contributed by atoms with E-state index >= 15 is 0 Å². The third-order valence-corrected chi connectivity index (χ3v) is 6.46. The zero-order valence-electron chi connectivity index (χ0n) is 19.0. The van der Waals surface area contributed by atoms with Gasteiger partial charge in [-0.25, -0.2) is 4.79 Å². The first-order valence-corrected chi connectivity index (χ1v) is 11.1. The number of amides is 2. The maximum atomic E-state index is 12.8. The summed E-state index contributed by atoms with van der Waals surface area (Å²) < 4.78 is 5.85. The number of carbonyl (C=O) groups is 2. The van der Waals surface area contributed by atoms with Crippen LogP contribution in [0.25, 0.3) is 0 Å². The van der Waals surface area contributed by atoms with Gasteiger partial charge in [0.15, 0.2) is 0 Å². The normalized spacial score (nSPS) is 18.4. The van der Waals surface area contributed by atoms with Crippen LogP contribution >= 0.6 is 0 Å². The largest absolute Gasteiger partial charge is 0.441 e. The first-order chi connectivity index (χ1) is 14.7. The number of carbonyl (C=O) groups excluding carboxylic acids is 2. The number of hydrogen-bond acceptors (Lipinski definition) is 3. The van der Waals surface area contributed by atoms with Crippen molar-refractivity contribution in [2.24, 2.45) is 0 Å². The van der Waals surface area contributed by atoms with Crippen LogP contribution in [0, 0.1) is 6.92 Å². The molecule has 5 heteroatoms. The molecule has 2 heterocycles. The van der Waals surface area contributed by atoms with Crippen LogP contribution in [0.3, 0.4) is 0 Å². The third kappa shape index (κ3) is 4.60. The van der Waals surface area contributed by atoms with E-state index in [0.29, 0.717) is 39.0 Å². The van der Waals surface area contributed by atoms with Gasteiger partial charge in [-0.1, -0.05) is 62.7 Å². The van der Waals surface area contributed by atoms with Crippen molar-refractivity contribution in [3.8, 4) is 0 Å². The second kappa shape index (κ2) is 8.03. The number of ether oxygens (including phenoxy) is 1. The highest BCUT2D eigenvalue weighted by atomic mass is 16.6. The van der Waals surface area contributed by atoms with E-state index in [1.807, 2.05) is 36.1 Å². The molecule has 2 fully saturated rings. The fourth-order valence-corrected chi connectivity index (χ4v) is 4.48. The molecule has 2 aliphatic rings. The summed E-state index contributed by atoms with van der Waals surface area (Å²) >= 11 is 0. The number of piperidine rings is 1. The molecule has 2 aromatic carbocycles. The summed E-state index contributed by atoms with van der Waals surface area (Å²) in [6, 6.07) is 16.2. The Bertz CT molecular complexity index is 967. The lowest BCUT2D eigenvalue weighted by Gasteiger charge is -2.37. The highest BCUT2D eigenvalue weighted by Gasteiger charge is 2.47. The minimum atomic E-state index is -0.480. The van der Waals surface area contributed by atoms with Crippen LogP contribution in [0.2, 0.25) is 0 Å². The molecule has 1 spiro atoms. The van der Waals surface area contributed by atoms with Crippen molar-refractivity contribution in [2.75, 3.05) is 19.6 Å². The van der Waals surface area contributed by atoms with Crippen LogP contribution < -0.4 is 0 Å². The zero-order valence-corrected chi connectivity index (χ0v) is 19.0. The van der Waals surface area contributed by atoms with Crippen LogP contribution in [-0.2, 0) is 16.7 Å². The lowest BCUT2D eigenvalue weighted by atomic mass is 9.86. The predicted octanol–water partition coefficient (Wildman–Crippen LogP) is 4.92. The second-order valence-electron chi connectivity index (χ2n) is 10.0. The van der Waals surface area contributed by atoms with Gasteiger partial charge in [-0.3, -0.25) is 9.69 Å². The van der Waals surface area contributed by atoms with Crippen molar-refractivity contribution >= 4 is 12.0 Å². The summed E-state index contributed by atoms with van der Waals surface area (Å²) in [6.45, 7) is 10.9. The van der Waals surface area contributed by atoms with E-state index in [9.17, 15) is 9.59 Å². The number of aryl methyl sites for hydroxylation is 1. The fraction of sp³-hybridized carbons (Fsp3) is 0.462. The molecule has 0 bridgehead atoms. The first kappa shape index (κ1) is 21.4. The highest BCUT2D eigenvalue weighted by Crippen LogP contribution is 2.34. The van der Waals surface area contributed by atoms with Crippen LogP contribution in [0.4, 0.5) is 4.79 Å². The quantitative estimate of drug-likeness (QED) is 0.708. The van der Waals surface area contributed by atoms with Crippen molar-refractivity contribution in [1.29, 1.82) is 0 Å². The van der Waals surface area contributed by atoms with Crippen molar-refractivity contribution in [2.45, 2.75) is 58.1 Å². The van der Waals surface area contributed by atoms with Crippen LogP contribution in [0.1, 0.15) is 60.7 Å². The molecule has 2 aliphatic heterocycles. The number of hydrogen-bond donors (Lipinski definition) is 0. The smallest absolute Gasteiger partial charge is 0.410 e. The van der Waals surface area contributed by atoms with Gasteiger partial charge in [-0.15, -0.1) is 0 Å². The Morgan fingerprint density at radius 3 is 2.35 bits per heavy atom. The van der Waals surface area contributed by atoms with Gasteiger partial charge in [-0.05, 0) is 35.6 Å². The Morgan fingerprint density at radius 1 is 1.06 bits per heavy atom. The molecule has 2 aromatic rings. The summed E-state index contributed by atoms with van der Waals surface area (Å²) in [5.74, 6) is 0.0543. The van der Waals surface area contributed by atoms with E-state index in [1.54, 1.807) is 4.90 Å². The summed E-state index contributed by atoms with van der Waals surface area (Å²) in [5, 5.41) is 0. The third-order valence-electron chi connectivity index (χ3n) is 6.46. The van der Waals surface area contributed by atoms with Crippen molar-refractivity contribution < 1.29 is 14.3 Å². The SMILES string of the molecule is Cc1cccc(C(=O)N2CCC3(CC2)CN(Cc2ccc(C(C)(C)C)cc2)C(=O)O3)c1. The highest BCUT2D eigenvalue weighted by molar-refractivity contribution is 5.94. The molecule has 0 N–H and O–H groups in total. The average Bonchev–Trinajstić information content (AvgIpc) is 3.02. The Labute approximate surface area is 185 Å². The van der Waals surface area contributed by atoms with Gasteiger partial charge in [0.05, 0.1) is 6.54 Å². The van der Waals surface area contributed by atoms with E-state index in [4.69, 9.17) is 4.74 Å². The summed E-state index contributed by atoms with van der Waals surface area (Å²) in [6.07, 6.45) is 1.10. The van der Waals surface area contributed by atoms with Crippen molar-refractivity contribution in [1.82, 2.24) is 9.80 Å². The standard InChI is InChI=1S/C26H32N2O3/c1-19-6-5-7-21(16-19)23(29)27-14-12-26(13-15-27)18-28(24(30)31-26)17-20-8-10-22(11-9-20)25(2,3)4/h5-11,16H,12-15,17-18H2,1-4H3. The van der Waals surface area contributed by atoms with Gasteiger partial charge < -0.3 is 9.64 Å². The molecule has 2 amide bonds. The molecule has 0 saturated carbocycles. The molecular formula is C26H32N2O3. The Morgan fingerprint density at radius 2 is 1.74 bits per heavy atom. The molecule has 0 aromatic heterocycles. The molecule has 31 heavy (non-hydrogen) atoms. The molecule has 0 radical (unpaired) electrons. The van der Waals surface area contributed by atoms with Crippen LogP contribution in [0.15, 0.2) is 48.5 Å². The zero-order chi connectivity index (χ0) is 22.2. The Kier molecular flexibility index (Phi) is 5.54. The molecule has 5 nitrogen and oxygen atoms in total. The van der Waals surface area contributed by atoms with Crippen molar-refractivity contribution in [3.05, 3.63) is 70.8 Å². The summed E-state index contributed by atoms with van der Waals surface area (Å²) in [5.41, 5.74) is 3.82. The summed E-state index contributed by atoms with van der Waals surface area (Å²) in [7, 11) is 0. The molecule has 4 rings (SSSR count).